The highest BCUT2D eigenvalue weighted by Crippen LogP contribution is 2.21. The van der Waals surface area contributed by atoms with E-state index in [2.05, 4.69) is 9.47 Å². The number of rotatable bonds is 6. The van der Waals surface area contributed by atoms with Crippen LogP contribution in [0.4, 0.5) is 13.2 Å². The lowest BCUT2D eigenvalue weighted by molar-refractivity contribution is -0.0481. The fourth-order valence-corrected chi connectivity index (χ4v) is 3.00. The lowest BCUT2D eigenvalue weighted by Gasteiger charge is -2.18. The number of hydrogen-bond acceptors (Lipinski definition) is 6. The van der Waals surface area contributed by atoms with Gasteiger partial charge in [-0.2, -0.15) is 14.2 Å². The second kappa shape index (κ2) is 8.72. The molecule has 0 aliphatic rings. The molecule has 3 aromatic rings. The third-order valence-corrected chi connectivity index (χ3v) is 4.65. The van der Waals surface area contributed by atoms with Crippen LogP contribution in [0.15, 0.2) is 46.7 Å². The van der Waals surface area contributed by atoms with Crippen LogP contribution in [0.1, 0.15) is 10.4 Å². The highest BCUT2D eigenvalue weighted by Gasteiger charge is 2.31. The predicted octanol–water partition coefficient (Wildman–Crippen LogP) is 2.66. The zero-order chi connectivity index (χ0) is 21.1. The van der Waals surface area contributed by atoms with Crippen molar-refractivity contribution in [3.8, 4) is 16.9 Å². The van der Waals surface area contributed by atoms with Gasteiger partial charge in [-0.05, 0) is 29.7 Å². The van der Waals surface area contributed by atoms with Crippen LogP contribution in [0.3, 0.4) is 0 Å². The first-order chi connectivity index (χ1) is 13.8. The van der Waals surface area contributed by atoms with Crippen molar-refractivity contribution >= 4 is 29.0 Å². The standard InChI is InChI=1S/C17H12ClF3N4O3S/c18-9-3-1-8(2-4-9)12-5-11(16(27)23-13(14(19)20)15(21)26)17(28)25(24-12)10-6-22-29-7-10/h1-7,13-15,26H,(H,23,27)/t13-,15?/m0/s1. The zero-order valence-corrected chi connectivity index (χ0v) is 15.9. The molecule has 0 spiro atoms. The Balaban J connectivity index is 2.11. The van der Waals surface area contributed by atoms with E-state index in [-0.39, 0.29) is 11.4 Å². The molecule has 2 N–H and O–H groups in total. The van der Waals surface area contributed by atoms with Crippen molar-refractivity contribution in [1.29, 1.82) is 0 Å². The van der Waals surface area contributed by atoms with Gasteiger partial charge in [0.15, 0.2) is 0 Å². The Morgan fingerprint density at radius 3 is 2.48 bits per heavy atom. The van der Waals surface area contributed by atoms with Crippen molar-refractivity contribution < 1.29 is 23.1 Å². The number of carbonyl (C=O) groups excluding carboxylic acids is 1. The van der Waals surface area contributed by atoms with Crippen LogP contribution < -0.4 is 10.9 Å². The average Bonchev–Trinajstić information content (AvgIpc) is 3.20. The molecule has 1 amide bonds. The molecule has 152 valence electrons. The molecule has 2 atom stereocenters. The molecule has 0 aliphatic heterocycles. The molecule has 1 unspecified atom stereocenters. The minimum absolute atomic E-state index is 0.159. The molecular weight excluding hydrogens is 433 g/mol. The predicted molar refractivity (Wildman–Crippen MR) is 100 cm³/mol. The zero-order valence-electron chi connectivity index (χ0n) is 14.3. The van der Waals surface area contributed by atoms with Crippen molar-refractivity contribution in [3.63, 3.8) is 0 Å². The molecule has 0 saturated carbocycles. The van der Waals surface area contributed by atoms with Crippen molar-refractivity contribution in [3.05, 3.63) is 62.8 Å². The van der Waals surface area contributed by atoms with E-state index in [4.69, 9.17) is 16.7 Å². The lowest BCUT2D eigenvalue weighted by Crippen LogP contribution is -2.48. The molecule has 0 saturated heterocycles. The highest BCUT2D eigenvalue weighted by molar-refractivity contribution is 7.03. The van der Waals surface area contributed by atoms with Crippen molar-refractivity contribution in [1.82, 2.24) is 19.5 Å². The number of carbonyl (C=O) groups is 1. The number of nitrogens with one attached hydrogen (secondary N) is 1. The fourth-order valence-electron chi connectivity index (χ4n) is 2.38. The summed E-state index contributed by atoms with van der Waals surface area (Å²) in [4.78, 5) is 25.2. The van der Waals surface area contributed by atoms with E-state index in [1.54, 1.807) is 29.6 Å². The third-order valence-electron chi connectivity index (χ3n) is 3.83. The Labute approximate surface area is 170 Å². The smallest absolute Gasteiger partial charge is 0.284 e. The maximum atomic E-state index is 13.0. The van der Waals surface area contributed by atoms with Crippen LogP contribution in [-0.2, 0) is 0 Å². The molecule has 0 radical (unpaired) electrons. The minimum atomic E-state index is -3.39. The maximum absolute atomic E-state index is 13.0. The highest BCUT2D eigenvalue weighted by atomic mass is 35.5. The van der Waals surface area contributed by atoms with Gasteiger partial charge in [0.1, 0.15) is 11.6 Å². The minimum Gasteiger partial charge on any atom is -0.362 e. The number of nitrogens with zero attached hydrogens (tertiary/aromatic N) is 3. The van der Waals surface area contributed by atoms with Crippen LogP contribution in [-0.4, -0.2) is 44.0 Å². The maximum Gasteiger partial charge on any atom is 0.284 e. The summed E-state index contributed by atoms with van der Waals surface area (Å²) in [5, 5.41) is 16.6. The summed E-state index contributed by atoms with van der Waals surface area (Å²) in [6.07, 6.45) is -5.07. The van der Waals surface area contributed by atoms with Gasteiger partial charge in [-0.25, -0.2) is 13.2 Å². The van der Waals surface area contributed by atoms with Crippen LogP contribution in [0, 0.1) is 0 Å². The Morgan fingerprint density at radius 1 is 1.24 bits per heavy atom. The number of amides is 1. The van der Waals surface area contributed by atoms with Crippen LogP contribution >= 0.6 is 23.1 Å². The summed E-state index contributed by atoms with van der Waals surface area (Å²) in [7, 11) is 0. The van der Waals surface area contributed by atoms with Gasteiger partial charge in [0.2, 0.25) is 6.36 Å². The average molecular weight is 445 g/mol. The summed E-state index contributed by atoms with van der Waals surface area (Å²) in [5.41, 5.74) is -0.603. The monoisotopic (exact) mass is 444 g/mol. The van der Waals surface area contributed by atoms with E-state index in [1.807, 2.05) is 0 Å². The number of aromatic nitrogens is 3. The number of halogens is 4. The largest absolute Gasteiger partial charge is 0.362 e. The summed E-state index contributed by atoms with van der Waals surface area (Å²) in [5.74, 6) is -1.29. The van der Waals surface area contributed by atoms with Crippen LogP contribution in [0.25, 0.3) is 16.9 Å². The molecule has 1 aromatic carbocycles. The van der Waals surface area contributed by atoms with E-state index in [0.29, 0.717) is 10.6 Å². The normalized spacial score (nSPS) is 13.3. The molecule has 0 aliphatic carbocycles. The van der Waals surface area contributed by atoms with Gasteiger partial charge in [0.25, 0.3) is 17.9 Å². The molecule has 3 rings (SSSR count). The first-order valence-electron chi connectivity index (χ1n) is 7.99. The van der Waals surface area contributed by atoms with Crippen molar-refractivity contribution in [2.75, 3.05) is 0 Å². The number of aliphatic hydroxyl groups is 1. The van der Waals surface area contributed by atoms with Gasteiger partial charge in [-0.1, -0.05) is 23.7 Å². The molecule has 29 heavy (non-hydrogen) atoms. The van der Waals surface area contributed by atoms with E-state index in [1.165, 1.54) is 11.6 Å². The van der Waals surface area contributed by atoms with Gasteiger partial charge < -0.3 is 10.4 Å². The number of hydrogen-bond donors (Lipinski definition) is 2. The second-order valence-corrected chi connectivity index (χ2v) is 6.85. The first-order valence-corrected chi connectivity index (χ1v) is 9.20. The lowest BCUT2D eigenvalue weighted by atomic mass is 10.1. The molecule has 12 heteroatoms. The Morgan fingerprint density at radius 2 is 1.93 bits per heavy atom. The number of alkyl halides is 3. The van der Waals surface area contributed by atoms with Crippen LogP contribution in [0.5, 0.6) is 0 Å². The van der Waals surface area contributed by atoms with E-state index in [9.17, 15) is 22.8 Å². The quantitative estimate of drug-likeness (QED) is 0.609. The number of benzene rings is 1. The Hall–Kier alpha value is -2.76. The Kier molecular flexibility index (Phi) is 6.30. The van der Waals surface area contributed by atoms with E-state index in [0.717, 1.165) is 22.3 Å². The van der Waals surface area contributed by atoms with Crippen molar-refractivity contribution in [2.45, 2.75) is 18.8 Å². The fraction of sp³-hybridized carbons (Fsp3) is 0.176. The van der Waals surface area contributed by atoms with Crippen molar-refractivity contribution in [2.24, 2.45) is 0 Å². The Bertz CT molecular complexity index is 1050. The third kappa shape index (κ3) is 4.63. The molecule has 7 nitrogen and oxygen atoms in total. The van der Waals surface area contributed by atoms with E-state index < -0.39 is 35.9 Å². The van der Waals surface area contributed by atoms with Gasteiger partial charge in [0, 0.05) is 16.0 Å². The summed E-state index contributed by atoms with van der Waals surface area (Å²) in [6, 6.07) is 4.88. The number of aliphatic hydroxyl groups excluding tert-OH is 1. The SMILES string of the molecule is O=C(N[C@H](C(O)F)C(F)F)c1cc(-c2ccc(Cl)cc2)nn(-c2cnsc2)c1=O. The van der Waals surface area contributed by atoms with Gasteiger partial charge >= 0.3 is 0 Å². The molecule has 0 bridgehead atoms. The summed E-state index contributed by atoms with van der Waals surface area (Å²) in [6.45, 7) is 0. The van der Waals surface area contributed by atoms with Crippen LogP contribution in [0.2, 0.25) is 5.02 Å². The first kappa shape index (κ1) is 21.0. The van der Waals surface area contributed by atoms with Gasteiger partial charge in [-0.3, -0.25) is 9.59 Å². The molecular formula is C17H12ClF3N4O3S. The summed E-state index contributed by atoms with van der Waals surface area (Å²) < 4.78 is 43.5. The molecule has 0 fully saturated rings. The topological polar surface area (TPSA) is 97.1 Å². The van der Waals surface area contributed by atoms with E-state index >= 15 is 0 Å². The summed E-state index contributed by atoms with van der Waals surface area (Å²) >= 11 is 6.89. The van der Waals surface area contributed by atoms with Gasteiger partial charge in [0.05, 0.1) is 17.6 Å². The second-order valence-electron chi connectivity index (χ2n) is 5.76. The molecule has 2 aromatic heterocycles. The van der Waals surface area contributed by atoms with Gasteiger partial charge in [-0.15, -0.1) is 0 Å². The molecule has 2 heterocycles.